The lowest BCUT2D eigenvalue weighted by Crippen LogP contribution is -2.15. The van der Waals surface area contributed by atoms with Gasteiger partial charge in [-0.05, 0) is 24.3 Å². The minimum atomic E-state index is -4.20. The maximum atomic E-state index is 14.0. The lowest BCUT2D eigenvalue weighted by molar-refractivity contribution is 0.350. The van der Waals surface area contributed by atoms with Gasteiger partial charge in [0.15, 0.2) is 11.5 Å². The molecule has 0 aliphatic carbocycles. The lowest BCUT2D eigenvalue weighted by Gasteiger charge is -2.12. The van der Waals surface area contributed by atoms with Crippen molar-refractivity contribution in [3.63, 3.8) is 0 Å². The summed E-state index contributed by atoms with van der Waals surface area (Å²) in [7, 11) is -1.58. The first-order chi connectivity index (χ1) is 10.4. The molecule has 0 aliphatic rings. The Bertz CT molecular complexity index is 776. The maximum Gasteiger partial charge on any atom is 0.264 e. The highest BCUT2D eigenvalue weighted by atomic mass is 32.2. The van der Waals surface area contributed by atoms with E-state index in [9.17, 15) is 17.2 Å². The Morgan fingerprint density at radius 1 is 0.955 bits per heavy atom. The summed E-state index contributed by atoms with van der Waals surface area (Å²) >= 11 is 0. The molecule has 0 saturated heterocycles. The van der Waals surface area contributed by atoms with Crippen molar-refractivity contribution >= 4 is 15.7 Å². The quantitative estimate of drug-likeness (QED) is 0.916. The molecule has 0 spiro atoms. The van der Waals surface area contributed by atoms with E-state index < -0.39 is 26.6 Å². The first-order valence-electron chi connectivity index (χ1n) is 6.07. The lowest BCUT2D eigenvalue weighted by atomic mass is 10.3. The van der Waals surface area contributed by atoms with E-state index in [0.29, 0.717) is 0 Å². The van der Waals surface area contributed by atoms with Gasteiger partial charge in [0.05, 0.1) is 14.2 Å². The van der Waals surface area contributed by atoms with E-state index in [2.05, 4.69) is 4.72 Å². The van der Waals surface area contributed by atoms with Crippen LogP contribution in [0.3, 0.4) is 0 Å². The Hall–Kier alpha value is -2.35. The highest BCUT2D eigenvalue weighted by molar-refractivity contribution is 7.92. The molecule has 22 heavy (non-hydrogen) atoms. The van der Waals surface area contributed by atoms with Gasteiger partial charge in [-0.15, -0.1) is 0 Å². The van der Waals surface area contributed by atoms with E-state index in [4.69, 9.17) is 9.47 Å². The average Bonchev–Trinajstić information content (AvgIpc) is 2.48. The largest absolute Gasteiger partial charge is 0.493 e. The Kier molecular flexibility index (Phi) is 4.51. The highest BCUT2D eigenvalue weighted by Gasteiger charge is 2.22. The minimum absolute atomic E-state index is 0.0701. The third-order valence-electron chi connectivity index (χ3n) is 2.82. The summed E-state index contributed by atoms with van der Waals surface area (Å²) in [5.41, 5.74) is 0.107. The molecule has 2 rings (SSSR count). The van der Waals surface area contributed by atoms with Crippen LogP contribution in [0.15, 0.2) is 41.3 Å². The second-order valence-corrected chi connectivity index (χ2v) is 5.90. The molecule has 8 heteroatoms. The van der Waals surface area contributed by atoms with Crippen LogP contribution in [-0.4, -0.2) is 22.6 Å². The van der Waals surface area contributed by atoms with Crippen molar-refractivity contribution in [3.8, 4) is 11.5 Å². The Morgan fingerprint density at radius 3 is 2.05 bits per heavy atom. The number of hydrogen-bond donors (Lipinski definition) is 1. The number of methoxy groups -OCH3 is 2. The van der Waals surface area contributed by atoms with Crippen LogP contribution < -0.4 is 14.2 Å². The molecule has 0 radical (unpaired) electrons. The van der Waals surface area contributed by atoms with Crippen molar-refractivity contribution < 1.29 is 26.7 Å². The molecule has 0 aromatic heterocycles. The van der Waals surface area contributed by atoms with Crippen LogP contribution in [-0.2, 0) is 10.0 Å². The van der Waals surface area contributed by atoms with Crippen molar-refractivity contribution in [1.82, 2.24) is 0 Å². The summed E-state index contributed by atoms with van der Waals surface area (Å²) in [5, 5.41) is 0. The smallest absolute Gasteiger partial charge is 0.264 e. The second kappa shape index (κ2) is 6.18. The monoisotopic (exact) mass is 329 g/mol. The van der Waals surface area contributed by atoms with Crippen LogP contribution >= 0.6 is 0 Å². The number of anilines is 1. The van der Waals surface area contributed by atoms with Crippen LogP contribution in [0, 0.1) is 11.6 Å². The number of halogens is 2. The summed E-state index contributed by atoms with van der Waals surface area (Å²) in [6.07, 6.45) is 0. The predicted octanol–water partition coefficient (Wildman–Crippen LogP) is 2.78. The fourth-order valence-electron chi connectivity index (χ4n) is 1.77. The van der Waals surface area contributed by atoms with Crippen molar-refractivity contribution in [1.29, 1.82) is 0 Å². The average molecular weight is 329 g/mol. The van der Waals surface area contributed by atoms with Crippen molar-refractivity contribution in [2.75, 3.05) is 18.9 Å². The molecule has 1 N–H and O–H groups in total. The van der Waals surface area contributed by atoms with Crippen molar-refractivity contribution in [2.45, 2.75) is 4.90 Å². The number of benzene rings is 2. The third kappa shape index (κ3) is 3.28. The molecule has 0 heterocycles. The first kappa shape index (κ1) is 16.0. The molecule has 0 aliphatic heterocycles. The SMILES string of the molecule is COc1cc(F)c(S(=O)(=O)Nc2ccc(F)cc2)cc1OC. The predicted molar refractivity (Wildman–Crippen MR) is 76.7 cm³/mol. The normalized spacial score (nSPS) is 11.1. The summed E-state index contributed by atoms with van der Waals surface area (Å²) < 4.78 is 63.3. The van der Waals surface area contributed by atoms with Gasteiger partial charge in [-0.3, -0.25) is 4.72 Å². The molecule has 0 fully saturated rings. The maximum absolute atomic E-state index is 14.0. The molecule has 5 nitrogen and oxygen atoms in total. The van der Waals surface area contributed by atoms with E-state index in [1.165, 1.54) is 26.4 Å². The Labute approximate surface area is 126 Å². The number of nitrogens with one attached hydrogen (secondary N) is 1. The highest BCUT2D eigenvalue weighted by Crippen LogP contribution is 2.32. The Balaban J connectivity index is 2.42. The number of ether oxygens (including phenoxy) is 2. The van der Waals surface area contributed by atoms with Crippen LogP contribution in [0.1, 0.15) is 0 Å². The van der Waals surface area contributed by atoms with Crippen LogP contribution in [0.25, 0.3) is 0 Å². The fourth-order valence-corrected chi connectivity index (χ4v) is 2.90. The molecule has 0 saturated carbocycles. The van der Waals surface area contributed by atoms with Gasteiger partial charge in [0.25, 0.3) is 10.0 Å². The summed E-state index contributed by atoms with van der Waals surface area (Å²) in [6.45, 7) is 0. The van der Waals surface area contributed by atoms with E-state index in [0.717, 1.165) is 24.3 Å². The molecule has 0 amide bonds. The minimum Gasteiger partial charge on any atom is -0.493 e. The molecule has 0 bridgehead atoms. The van der Waals surface area contributed by atoms with Gasteiger partial charge in [-0.2, -0.15) is 0 Å². The molecule has 0 atom stereocenters. The van der Waals surface area contributed by atoms with Crippen LogP contribution in [0.2, 0.25) is 0 Å². The van der Waals surface area contributed by atoms with Crippen LogP contribution in [0.5, 0.6) is 11.5 Å². The summed E-state index contributed by atoms with van der Waals surface area (Å²) in [6, 6.07) is 6.56. The van der Waals surface area contributed by atoms with E-state index >= 15 is 0 Å². The molecule has 2 aromatic carbocycles. The zero-order valence-corrected chi connectivity index (χ0v) is 12.6. The van der Waals surface area contributed by atoms with Gasteiger partial charge < -0.3 is 9.47 Å². The summed E-state index contributed by atoms with van der Waals surface area (Å²) in [4.78, 5) is -0.602. The van der Waals surface area contributed by atoms with Crippen molar-refractivity contribution in [3.05, 3.63) is 48.0 Å². The molecule has 118 valence electrons. The van der Waals surface area contributed by atoms with Gasteiger partial charge in [-0.25, -0.2) is 17.2 Å². The third-order valence-corrected chi connectivity index (χ3v) is 4.22. The topological polar surface area (TPSA) is 64.6 Å². The van der Waals surface area contributed by atoms with E-state index in [-0.39, 0.29) is 17.2 Å². The standard InChI is InChI=1S/C14H13F2NO4S/c1-20-12-7-11(16)14(8-13(12)21-2)22(18,19)17-10-5-3-9(15)4-6-10/h3-8,17H,1-2H3. The second-order valence-electron chi connectivity index (χ2n) is 4.25. The Morgan fingerprint density at radius 2 is 1.50 bits per heavy atom. The van der Waals surface area contributed by atoms with E-state index in [1.54, 1.807) is 0 Å². The van der Waals surface area contributed by atoms with Gasteiger partial charge in [0.1, 0.15) is 16.5 Å². The number of rotatable bonds is 5. The molecule has 2 aromatic rings. The molecular weight excluding hydrogens is 316 g/mol. The van der Waals surface area contributed by atoms with Crippen molar-refractivity contribution in [2.24, 2.45) is 0 Å². The molecule has 0 unspecified atom stereocenters. The number of hydrogen-bond acceptors (Lipinski definition) is 4. The van der Waals surface area contributed by atoms with Gasteiger partial charge >= 0.3 is 0 Å². The van der Waals surface area contributed by atoms with E-state index in [1.807, 2.05) is 0 Å². The van der Waals surface area contributed by atoms with Crippen LogP contribution in [0.4, 0.5) is 14.5 Å². The van der Waals surface area contributed by atoms with Gasteiger partial charge in [0.2, 0.25) is 0 Å². The fraction of sp³-hybridized carbons (Fsp3) is 0.143. The first-order valence-corrected chi connectivity index (χ1v) is 7.55. The van der Waals surface area contributed by atoms with Gasteiger partial charge in [0, 0.05) is 17.8 Å². The number of sulfonamides is 1. The molecular formula is C14H13F2NO4S. The zero-order chi connectivity index (χ0) is 16.3. The van der Waals surface area contributed by atoms with Gasteiger partial charge in [-0.1, -0.05) is 0 Å². The zero-order valence-electron chi connectivity index (χ0n) is 11.8. The summed E-state index contributed by atoms with van der Waals surface area (Å²) in [5.74, 6) is -1.36.